The van der Waals surface area contributed by atoms with Gasteiger partial charge in [0.25, 0.3) is 9.12 Å². The maximum Gasteiger partial charge on any atom is 0 e. The van der Waals surface area contributed by atoms with Crippen LogP contribution in [0.15, 0.2) is 0 Å². The minimum Gasteiger partial charge on any atom is 0 e. The second-order valence-electron chi connectivity index (χ2n) is 0. The SMILES string of the molecule is O=[P].[AlH3].[KH].[Zn]. The summed E-state index contributed by atoms with van der Waals surface area (Å²) >= 11 is 0. The molecule has 0 aliphatic rings. The molecule has 0 heterocycles. The van der Waals surface area contributed by atoms with Crippen LogP contribution in [0.5, 0.6) is 0 Å². The van der Waals surface area contributed by atoms with Crippen LogP contribution in [-0.2, 0) is 24.0 Å². The van der Waals surface area contributed by atoms with Gasteiger partial charge in [-0.2, -0.15) is 0 Å². The largest absolute Gasteiger partial charge is 0 e. The van der Waals surface area contributed by atoms with E-state index in [0.717, 1.165) is 0 Å². The first kappa shape index (κ1) is 24.7. The van der Waals surface area contributed by atoms with E-state index in [-0.39, 0.29) is 88.2 Å². The second kappa shape index (κ2) is 28.6. The van der Waals surface area contributed by atoms with Gasteiger partial charge in [0.05, 0.1) is 0 Å². The topological polar surface area (TPSA) is 17.1 Å². The van der Waals surface area contributed by atoms with Gasteiger partial charge in [-0.15, -0.1) is 0 Å². The fourth-order valence-electron chi connectivity index (χ4n) is 0. The van der Waals surface area contributed by atoms with Gasteiger partial charge >= 0.3 is 51.4 Å². The Morgan fingerprint density at radius 1 is 1.20 bits per heavy atom. The summed E-state index contributed by atoms with van der Waals surface area (Å²) < 4.78 is 7.94. The third kappa shape index (κ3) is 19.7. The Bertz CT molecular complexity index is 11.6. The van der Waals surface area contributed by atoms with Crippen LogP contribution in [-0.4, -0.2) is 68.7 Å². The Morgan fingerprint density at radius 2 is 1.20 bits per heavy atom. The predicted octanol–water partition coefficient (Wildman–Crippen LogP) is -1.09. The molecule has 0 aromatic carbocycles. The van der Waals surface area contributed by atoms with Crippen LogP contribution < -0.4 is 0 Å². The summed E-state index contributed by atoms with van der Waals surface area (Å²) in [7, 11) is 2.28. The van der Waals surface area contributed by atoms with Crippen molar-refractivity contribution in [3.63, 3.8) is 0 Å². The minimum absolute atomic E-state index is 0. The first-order chi connectivity index (χ1) is 1.00. The molecule has 5 heavy (non-hydrogen) atoms. The molecule has 21 valence electrons. The fourth-order valence-corrected chi connectivity index (χ4v) is 0. The maximum atomic E-state index is 7.94. The third-order valence-corrected chi connectivity index (χ3v) is 0. The molecular formula is H4AlKOPZn. The summed E-state index contributed by atoms with van der Waals surface area (Å²) in [5.41, 5.74) is 0. The molecule has 1 nitrogen and oxygen atoms in total. The maximum absolute atomic E-state index is 7.94. The standard InChI is InChI=1S/Al.K.OP.Zn.4H/c;;1-2;;;;;. The van der Waals surface area contributed by atoms with E-state index in [1.165, 1.54) is 0 Å². The normalized spacial score (nSPS) is 0.800. The summed E-state index contributed by atoms with van der Waals surface area (Å²) in [5, 5.41) is 0. The molecular weight excluding hydrogens is 178 g/mol. The molecule has 0 bridgehead atoms. The molecule has 0 rings (SSSR count). The molecule has 0 spiro atoms. The zero-order valence-corrected chi connectivity index (χ0v) is 5.42. The van der Waals surface area contributed by atoms with E-state index in [4.69, 9.17) is 4.57 Å². The van der Waals surface area contributed by atoms with Gasteiger partial charge in [-0.3, -0.25) is 4.57 Å². The zero-order valence-electron chi connectivity index (χ0n) is 1.56. The van der Waals surface area contributed by atoms with Crippen molar-refractivity contribution in [2.75, 3.05) is 0 Å². The van der Waals surface area contributed by atoms with Crippen LogP contribution in [0.2, 0.25) is 0 Å². The van der Waals surface area contributed by atoms with Gasteiger partial charge < -0.3 is 0 Å². The van der Waals surface area contributed by atoms with E-state index in [1.807, 2.05) is 0 Å². The quantitative estimate of drug-likeness (QED) is 0.344. The van der Waals surface area contributed by atoms with Gasteiger partial charge in [0.1, 0.15) is 0 Å². The van der Waals surface area contributed by atoms with Crippen LogP contribution in [0.3, 0.4) is 0 Å². The number of hydrogen-bond acceptors (Lipinski definition) is 1. The molecule has 1 radical (unpaired) electrons. The minimum atomic E-state index is 0. The molecule has 0 aliphatic carbocycles. The van der Waals surface area contributed by atoms with Crippen LogP contribution in [0.1, 0.15) is 0 Å². The van der Waals surface area contributed by atoms with Gasteiger partial charge in [-0.25, -0.2) is 0 Å². The first-order valence-corrected chi connectivity index (χ1v) is 0.548. The predicted molar refractivity (Wildman–Crippen MR) is 24.7 cm³/mol. The van der Waals surface area contributed by atoms with Gasteiger partial charge in [0.15, 0.2) is 17.4 Å². The van der Waals surface area contributed by atoms with E-state index < -0.39 is 0 Å². The van der Waals surface area contributed by atoms with E-state index in [0.29, 0.717) is 0 Å². The Labute approximate surface area is 99.6 Å². The summed E-state index contributed by atoms with van der Waals surface area (Å²) in [6, 6.07) is 0. The summed E-state index contributed by atoms with van der Waals surface area (Å²) in [6.45, 7) is 0. The Kier molecular flexibility index (Phi) is 142. The van der Waals surface area contributed by atoms with Gasteiger partial charge in [0.2, 0.25) is 0 Å². The molecule has 0 aromatic rings. The van der Waals surface area contributed by atoms with E-state index in [9.17, 15) is 0 Å². The van der Waals surface area contributed by atoms with Gasteiger partial charge in [-0.05, 0) is 0 Å². The molecule has 0 atom stereocenters. The second-order valence-corrected chi connectivity index (χ2v) is 0. The molecule has 0 fully saturated rings. The van der Waals surface area contributed by atoms with Crippen molar-refractivity contribution in [3.8, 4) is 0 Å². The van der Waals surface area contributed by atoms with Crippen LogP contribution >= 0.6 is 9.12 Å². The fraction of sp³-hybridized carbons (Fsp3) is 0. The molecule has 0 N–H and O–H groups in total. The molecule has 0 aromatic heterocycles. The molecule has 0 saturated heterocycles. The third-order valence-electron chi connectivity index (χ3n) is 0. The van der Waals surface area contributed by atoms with Gasteiger partial charge in [-0.1, -0.05) is 0 Å². The van der Waals surface area contributed by atoms with Crippen molar-refractivity contribution >= 4 is 77.9 Å². The Hall–Kier alpha value is 2.89. The summed E-state index contributed by atoms with van der Waals surface area (Å²) in [5.74, 6) is 0. The van der Waals surface area contributed by atoms with Crippen molar-refractivity contribution in [1.29, 1.82) is 0 Å². The average Bonchev–Trinajstić information content (AvgIpc) is 1.00. The summed E-state index contributed by atoms with van der Waals surface area (Å²) in [4.78, 5) is 0. The van der Waals surface area contributed by atoms with E-state index >= 15 is 0 Å². The van der Waals surface area contributed by atoms with Crippen molar-refractivity contribution in [2.24, 2.45) is 0 Å². The van der Waals surface area contributed by atoms with Crippen molar-refractivity contribution in [3.05, 3.63) is 0 Å². The van der Waals surface area contributed by atoms with Gasteiger partial charge in [0, 0.05) is 19.5 Å². The van der Waals surface area contributed by atoms with Crippen LogP contribution in [0.25, 0.3) is 0 Å². The number of hydrogen-bond donors (Lipinski definition) is 0. The molecule has 5 heteroatoms. The van der Waals surface area contributed by atoms with Crippen molar-refractivity contribution in [2.45, 2.75) is 0 Å². The smallest absolute Gasteiger partial charge is 0 e. The molecule has 0 aliphatic heterocycles. The summed E-state index contributed by atoms with van der Waals surface area (Å²) in [6.07, 6.45) is 0. The van der Waals surface area contributed by atoms with Crippen molar-refractivity contribution in [1.82, 2.24) is 0 Å². The first-order valence-electron chi connectivity index (χ1n) is 0.183. The van der Waals surface area contributed by atoms with E-state index in [1.54, 1.807) is 0 Å². The monoisotopic (exact) mass is 181 g/mol. The zero-order chi connectivity index (χ0) is 2.00. The Balaban J connectivity index is -0.00000000167. The Morgan fingerprint density at radius 3 is 1.20 bits per heavy atom. The molecule has 0 saturated carbocycles. The molecule has 0 amide bonds. The van der Waals surface area contributed by atoms with Crippen LogP contribution in [0, 0.1) is 0 Å². The average molecular weight is 182 g/mol. The number of rotatable bonds is 0. The molecule has 0 unspecified atom stereocenters. The van der Waals surface area contributed by atoms with E-state index in [2.05, 4.69) is 9.12 Å². The van der Waals surface area contributed by atoms with Crippen molar-refractivity contribution < 1.29 is 24.0 Å². The van der Waals surface area contributed by atoms with Crippen LogP contribution in [0.4, 0.5) is 0 Å².